The highest BCUT2D eigenvalue weighted by atomic mass is 16.1. The van der Waals surface area contributed by atoms with Gasteiger partial charge in [-0.3, -0.25) is 4.79 Å². The van der Waals surface area contributed by atoms with Crippen molar-refractivity contribution >= 4 is 5.91 Å². The molecule has 0 bridgehead atoms. The highest BCUT2D eigenvalue weighted by molar-refractivity contribution is 5.79. The Kier molecular flexibility index (Phi) is 2.56. The molecule has 0 spiro atoms. The average Bonchev–Trinajstić information content (AvgIpc) is 1.92. The fourth-order valence-corrected chi connectivity index (χ4v) is 2.30. The molecule has 0 aliphatic heterocycles. The maximum absolute atomic E-state index is 11.4. The van der Waals surface area contributed by atoms with Crippen LogP contribution in [-0.4, -0.2) is 12.5 Å². The molecule has 2 rings (SSSR count). The van der Waals surface area contributed by atoms with Gasteiger partial charge in [-0.25, -0.2) is 0 Å². The summed E-state index contributed by atoms with van der Waals surface area (Å²) in [6, 6.07) is 0. The number of nitrogens with one attached hydrogen (secondary N) is 1. The zero-order valence-electron chi connectivity index (χ0n) is 8.38. The average molecular weight is 181 g/mol. The van der Waals surface area contributed by atoms with Crippen molar-refractivity contribution in [2.45, 2.75) is 39.0 Å². The molecular weight excluding hydrogens is 162 g/mol. The van der Waals surface area contributed by atoms with E-state index in [9.17, 15) is 4.79 Å². The number of amides is 1. The van der Waals surface area contributed by atoms with E-state index in [0.717, 1.165) is 31.2 Å². The molecule has 13 heavy (non-hydrogen) atoms. The number of hydrogen-bond donors (Lipinski definition) is 1. The molecule has 0 atom stereocenters. The van der Waals surface area contributed by atoms with Crippen LogP contribution in [0, 0.1) is 17.8 Å². The zero-order valence-corrected chi connectivity index (χ0v) is 8.38. The quantitative estimate of drug-likeness (QED) is 0.708. The van der Waals surface area contributed by atoms with E-state index in [4.69, 9.17) is 0 Å². The van der Waals surface area contributed by atoms with Gasteiger partial charge in [-0.1, -0.05) is 13.3 Å². The van der Waals surface area contributed by atoms with Crippen molar-refractivity contribution in [1.29, 1.82) is 0 Å². The molecule has 0 unspecified atom stereocenters. The van der Waals surface area contributed by atoms with Crippen LogP contribution >= 0.6 is 0 Å². The van der Waals surface area contributed by atoms with Gasteiger partial charge in [-0.2, -0.15) is 0 Å². The maximum atomic E-state index is 11.4. The first kappa shape index (κ1) is 9.04. The summed E-state index contributed by atoms with van der Waals surface area (Å²) in [7, 11) is 0. The van der Waals surface area contributed by atoms with Crippen LogP contribution < -0.4 is 5.32 Å². The summed E-state index contributed by atoms with van der Waals surface area (Å²) in [4.78, 5) is 11.4. The van der Waals surface area contributed by atoms with E-state index in [0.29, 0.717) is 11.8 Å². The molecule has 2 saturated carbocycles. The van der Waals surface area contributed by atoms with Gasteiger partial charge in [0.1, 0.15) is 0 Å². The van der Waals surface area contributed by atoms with Gasteiger partial charge < -0.3 is 5.32 Å². The van der Waals surface area contributed by atoms with E-state index in [1.807, 2.05) is 0 Å². The van der Waals surface area contributed by atoms with Gasteiger partial charge >= 0.3 is 0 Å². The summed E-state index contributed by atoms with van der Waals surface area (Å²) >= 11 is 0. The monoisotopic (exact) mass is 181 g/mol. The molecule has 0 radical (unpaired) electrons. The molecule has 2 fully saturated rings. The number of carbonyl (C=O) groups excluding carboxylic acids is 1. The van der Waals surface area contributed by atoms with E-state index in [-0.39, 0.29) is 0 Å². The van der Waals surface area contributed by atoms with Crippen molar-refractivity contribution < 1.29 is 4.79 Å². The first-order chi connectivity index (χ1) is 6.25. The topological polar surface area (TPSA) is 29.1 Å². The van der Waals surface area contributed by atoms with Crippen LogP contribution in [0.25, 0.3) is 0 Å². The number of rotatable bonds is 3. The lowest BCUT2D eigenvalue weighted by Gasteiger charge is -2.33. The molecule has 2 aliphatic carbocycles. The van der Waals surface area contributed by atoms with Crippen LogP contribution in [0.3, 0.4) is 0 Å². The molecule has 0 heterocycles. The zero-order chi connectivity index (χ0) is 9.26. The third-order valence-corrected chi connectivity index (χ3v) is 3.51. The van der Waals surface area contributed by atoms with Gasteiger partial charge in [0.25, 0.3) is 0 Å². The van der Waals surface area contributed by atoms with Crippen LogP contribution in [0.4, 0.5) is 0 Å². The summed E-state index contributed by atoms with van der Waals surface area (Å²) in [5, 5.41) is 3.07. The highest BCUT2D eigenvalue weighted by Crippen LogP contribution is 2.32. The lowest BCUT2D eigenvalue weighted by atomic mass is 9.76. The normalized spacial score (nSPS) is 33.3. The second-order valence-electron chi connectivity index (χ2n) is 4.82. The van der Waals surface area contributed by atoms with Crippen molar-refractivity contribution in [3.05, 3.63) is 0 Å². The van der Waals surface area contributed by atoms with Crippen LogP contribution in [0.5, 0.6) is 0 Å². The molecule has 1 amide bonds. The van der Waals surface area contributed by atoms with Crippen molar-refractivity contribution in [2.24, 2.45) is 17.8 Å². The Morgan fingerprint density at radius 2 is 2.08 bits per heavy atom. The van der Waals surface area contributed by atoms with Gasteiger partial charge in [0.15, 0.2) is 0 Å². The molecule has 0 aromatic carbocycles. The Bertz CT molecular complexity index is 192. The van der Waals surface area contributed by atoms with Gasteiger partial charge in [0, 0.05) is 12.5 Å². The predicted molar refractivity (Wildman–Crippen MR) is 52.2 cm³/mol. The number of carbonyl (C=O) groups is 1. The van der Waals surface area contributed by atoms with Crippen LogP contribution in [0.2, 0.25) is 0 Å². The molecule has 2 nitrogen and oxygen atoms in total. The van der Waals surface area contributed by atoms with Crippen LogP contribution in [-0.2, 0) is 4.79 Å². The van der Waals surface area contributed by atoms with Gasteiger partial charge in [-0.15, -0.1) is 0 Å². The van der Waals surface area contributed by atoms with E-state index in [2.05, 4.69) is 12.2 Å². The van der Waals surface area contributed by atoms with E-state index >= 15 is 0 Å². The molecule has 2 heteroatoms. The van der Waals surface area contributed by atoms with Gasteiger partial charge in [0.05, 0.1) is 0 Å². The molecule has 74 valence electrons. The third-order valence-electron chi connectivity index (χ3n) is 3.51. The highest BCUT2D eigenvalue weighted by Gasteiger charge is 2.28. The minimum atomic E-state index is 0.311. The molecule has 0 aromatic rings. The lowest BCUT2D eigenvalue weighted by molar-refractivity contribution is -0.127. The van der Waals surface area contributed by atoms with Crippen molar-refractivity contribution in [3.8, 4) is 0 Å². The minimum absolute atomic E-state index is 0.311. The molecule has 1 N–H and O–H groups in total. The Morgan fingerprint density at radius 1 is 1.38 bits per heavy atom. The molecular formula is C11H19NO. The predicted octanol–water partition coefficient (Wildman–Crippen LogP) is 1.95. The second kappa shape index (κ2) is 3.69. The lowest BCUT2D eigenvalue weighted by Crippen LogP contribution is -2.40. The Morgan fingerprint density at radius 3 is 2.54 bits per heavy atom. The van der Waals surface area contributed by atoms with E-state index < -0.39 is 0 Å². The van der Waals surface area contributed by atoms with Crippen molar-refractivity contribution in [1.82, 2.24) is 5.32 Å². The second-order valence-corrected chi connectivity index (χ2v) is 4.82. The molecule has 2 aliphatic rings. The first-order valence-electron chi connectivity index (χ1n) is 5.53. The summed E-state index contributed by atoms with van der Waals surface area (Å²) in [6.45, 7) is 3.21. The van der Waals surface area contributed by atoms with Crippen molar-refractivity contribution in [2.75, 3.05) is 6.54 Å². The van der Waals surface area contributed by atoms with Crippen LogP contribution in [0.1, 0.15) is 39.0 Å². The summed E-state index contributed by atoms with van der Waals surface area (Å²) in [5.74, 6) is 2.34. The third kappa shape index (κ3) is 2.04. The molecule has 0 saturated heterocycles. The summed E-state index contributed by atoms with van der Waals surface area (Å²) in [6.07, 6.45) is 6.11. The van der Waals surface area contributed by atoms with Crippen molar-refractivity contribution in [3.63, 3.8) is 0 Å². The smallest absolute Gasteiger partial charge is 0.223 e. The maximum Gasteiger partial charge on any atom is 0.223 e. The molecule has 0 aromatic heterocycles. The van der Waals surface area contributed by atoms with Gasteiger partial charge in [0.2, 0.25) is 5.91 Å². The summed E-state index contributed by atoms with van der Waals surface area (Å²) in [5.41, 5.74) is 0. The Balaban J connectivity index is 1.59. The first-order valence-corrected chi connectivity index (χ1v) is 5.53. The standard InChI is InChI=1S/C11H19NO/c1-8-5-9(6-8)7-12-11(13)10-3-2-4-10/h8-10H,2-7H2,1H3,(H,12,13). The van der Waals surface area contributed by atoms with E-state index in [1.54, 1.807) is 0 Å². The fourth-order valence-electron chi connectivity index (χ4n) is 2.30. The Labute approximate surface area is 80.1 Å². The van der Waals surface area contributed by atoms with Gasteiger partial charge in [-0.05, 0) is 37.5 Å². The van der Waals surface area contributed by atoms with Crippen LogP contribution in [0.15, 0.2) is 0 Å². The minimum Gasteiger partial charge on any atom is -0.356 e. The largest absolute Gasteiger partial charge is 0.356 e. The SMILES string of the molecule is CC1CC(CNC(=O)C2CCC2)C1. The summed E-state index contributed by atoms with van der Waals surface area (Å²) < 4.78 is 0. The number of hydrogen-bond acceptors (Lipinski definition) is 1. The fraction of sp³-hybridized carbons (Fsp3) is 0.909. The Hall–Kier alpha value is -0.530. The van der Waals surface area contributed by atoms with E-state index in [1.165, 1.54) is 19.3 Å².